The zero-order chi connectivity index (χ0) is 17.9. The molecular formula is C17H24ClN3O3S. The van der Waals surface area contributed by atoms with Gasteiger partial charge in [-0.05, 0) is 56.1 Å². The molecule has 1 amide bonds. The van der Waals surface area contributed by atoms with Gasteiger partial charge in [-0.15, -0.1) is 0 Å². The Kier molecular flexibility index (Phi) is 5.99. The minimum Gasteiger partial charge on any atom is -0.340 e. The fraction of sp³-hybridized carbons (Fsp3) is 0.588. The Bertz CT molecular complexity index is 694. The lowest BCUT2D eigenvalue weighted by Gasteiger charge is -2.34. The van der Waals surface area contributed by atoms with Gasteiger partial charge in [-0.1, -0.05) is 11.6 Å². The number of hydrogen-bond acceptors (Lipinski definition) is 4. The maximum atomic E-state index is 12.6. The Morgan fingerprint density at radius 2 is 1.84 bits per heavy atom. The van der Waals surface area contributed by atoms with Crippen molar-refractivity contribution in [3.8, 4) is 0 Å². The summed E-state index contributed by atoms with van der Waals surface area (Å²) in [5.74, 6) is 0.728. The van der Waals surface area contributed by atoms with Crippen molar-refractivity contribution in [3.05, 3.63) is 29.3 Å². The van der Waals surface area contributed by atoms with Crippen LogP contribution in [0, 0.1) is 5.92 Å². The molecule has 0 radical (unpaired) electrons. The Labute approximate surface area is 154 Å². The van der Waals surface area contributed by atoms with E-state index in [9.17, 15) is 13.2 Å². The molecule has 6 nitrogen and oxygen atoms in total. The van der Waals surface area contributed by atoms with Crippen LogP contribution in [-0.2, 0) is 14.8 Å². The molecule has 2 fully saturated rings. The van der Waals surface area contributed by atoms with Gasteiger partial charge >= 0.3 is 0 Å². The molecule has 2 aliphatic rings. The van der Waals surface area contributed by atoms with Gasteiger partial charge in [-0.25, -0.2) is 8.42 Å². The number of carbonyl (C=O) groups excluding carboxylic acids is 1. The highest BCUT2D eigenvalue weighted by Gasteiger charge is 2.30. The molecule has 1 unspecified atom stereocenters. The summed E-state index contributed by atoms with van der Waals surface area (Å²) < 4.78 is 26.7. The van der Waals surface area contributed by atoms with Crippen molar-refractivity contribution < 1.29 is 13.2 Å². The smallest absolute Gasteiger partial charge is 0.243 e. The molecular weight excluding hydrogens is 362 g/mol. The predicted molar refractivity (Wildman–Crippen MR) is 97.0 cm³/mol. The molecule has 1 aromatic carbocycles. The van der Waals surface area contributed by atoms with E-state index in [0.29, 0.717) is 43.5 Å². The quantitative estimate of drug-likeness (QED) is 0.835. The summed E-state index contributed by atoms with van der Waals surface area (Å²) in [6.07, 6.45) is 2.60. The highest BCUT2D eigenvalue weighted by molar-refractivity contribution is 7.89. The van der Waals surface area contributed by atoms with Gasteiger partial charge in [0.05, 0.1) is 4.90 Å². The van der Waals surface area contributed by atoms with Crippen molar-refractivity contribution in [3.63, 3.8) is 0 Å². The van der Waals surface area contributed by atoms with Gasteiger partial charge in [0.15, 0.2) is 0 Å². The number of halogens is 1. The van der Waals surface area contributed by atoms with Crippen LogP contribution in [-0.4, -0.2) is 62.8 Å². The predicted octanol–water partition coefficient (Wildman–Crippen LogP) is 1.56. The second kappa shape index (κ2) is 8.03. The van der Waals surface area contributed by atoms with Crippen LogP contribution in [0.25, 0.3) is 0 Å². The van der Waals surface area contributed by atoms with E-state index in [1.165, 1.54) is 16.4 Å². The standard InChI is InChI=1S/C17H24ClN3O3S/c18-15-2-4-16(5-3-15)25(23,24)21-11-9-20(10-12-21)17(22)6-1-14-7-8-19-13-14/h2-5,14,19H,1,6-13H2. The van der Waals surface area contributed by atoms with Gasteiger partial charge in [0.2, 0.25) is 15.9 Å². The van der Waals surface area contributed by atoms with E-state index in [-0.39, 0.29) is 10.8 Å². The third-order valence-corrected chi connectivity index (χ3v) is 7.14. The van der Waals surface area contributed by atoms with Crippen LogP contribution in [0.5, 0.6) is 0 Å². The van der Waals surface area contributed by atoms with Gasteiger partial charge < -0.3 is 10.2 Å². The molecule has 25 heavy (non-hydrogen) atoms. The molecule has 1 aromatic rings. The van der Waals surface area contributed by atoms with E-state index in [4.69, 9.17) is 11.6 Å². The van der Waals surface area contributed by atoms with Crippen molar-refractivity contribution in [2.45, 2.75) is 24.2 Å². The second-order valence-electron chi connectivity index (χ2n) is 6.64. The molecule has 0 aliphatic carbocycles. The number of hydrogen-bond donors (Lipinski definition) is 1. The van der Waals surface area contributed by atoms with Crippen molar-refractivity contribution in [1.29, 1.82) is 0 Å². The Morgan fingerprint density at radius 3 is 2.44 bits per heavy atom. The second-order valence-corrected chi connectivity index (χ2v) is 9.01. The zero-order valence-corrected chi connectivity index (χ0v) is 15.7. The molecule has 3 rings (SSSR count). The molecule has 0 saturated carbocycles. The van der Waals surface area contributed by atoms with E-state index < -0.39 is 10.0 Å². The molecule has 1 atom stereocenters. The van der Waals surface area contributed by atoms with Gasteiger partial charge in [0.25, 0.3) is 0 Å². The van der Waals surface area contributed by atoms with Crippen LogP contribution in [0.15, 0.2) is 29.2 Å². The van der Waals surface area contributed by atoms with Crippen molar-refractivity contribution in [2.75, 3.05) is 39.3 Å². The summed E-state index contributed by atoms with van der Waals surface area (Å²) >= 11 is 5.82. The average Bonchev–Trinajstić information content (AvgIpc) is 3.14. The van der Waals surface area contributed by atoms with Gasteiger partial charge in [-0.2, -0.15) is 4.31 Å². The van der Waals surface area contributed by atoms with Gasteiger partial charge in [0, 0.05) is 37.6 Å². The maximum absolute atomic E-state index is 12.6. The first-order valence-corrected chi connectivity index (χ1v) is 10.5. The van der Waals surface area contributed by atoms with Crippen LogP contribution < -0.4 is 5.32 Å². The third-order valence-electron chi connectivity index (χ3n) is 4.97. The summed E-state index contributed by atoms with van der Waals surface area (Å²) in [7, 11) is -3.52. The highest BCUT2D eigenvalue weighted by Crippen LogP contribution is 2.21. The normalized spacial score (nSPS) is 22.3. The zero-order valence-electron chi connectivity index (χ0n) is 14.2. The largest absolute Gasteiger partial charge is 0.340 e. The lowest BCUT2D eigenvalue weighted by molar-refractivity contribution is -0.132. The lowest BCUT2D eigenvalue weighted by Crippen LogP contribution is -2.50. The molecule has 0 bridgehead atoms. The molecule has 2 heterocycles. The molecule has 0 spiro atoms. The van der Waals surface area contributed by atoms with Gasteiger partial charge in [0.1, 0.15) is 0 Å². The third kappa shape index (κ3) is 4.53. The first-order chi connectivity index (χ1) is 12.0. The van der Waals surface area contributed by atoms with Crippen molar-refractivity contribution >= 4 is 27.5 Å². The summed E-state index contributed by atoms with van der Waals surface area (Å²) in [6, 6.07) is 6.19. The SMILES string of the molecule is O=C(CCC1CCNC1)N1CCN(S(=O)(=O)c2ccc(Cl)cc2)CC1. The van der Waals surface area contributed by atoms with Crippen LogP contribution in [0.3, 0.4) is 0 Å². The van der Waals surface area contributed by atoms with E-state index in [2.05, 4.69) is 5.32 Å². The first kappa shape index (κ1) is 18.6. The fourth-order valence-corrected chi connectivity index (χ4v) is 4.93. The Balaban J connectivity index is 1.52. The molecule has 2 aliphatic heterocycles. The van der Waals surface area contributed by atoms with Crippen LogP contribution >= 0.6 is 11.6 Å². The number of piperazine rings is 1. The van der Waals surface area contributed by atoms with Crippen LogP contribution in [0.2, 0.25) is 5.02 Å². The Morgan fingerprint density at radius 1 is 1.16 bits per heavy atom. The topological polar surface area (TPSA) is 69.7 Å². The molecule has 8 heteroatoms. The average molecular weight is 386 g/mol. The van der Waals surface area contributed by atoms with E-state index >= 15 is 0 Å². The first-order valence-electron chi connectivity index (χ1n) is 8.71. The molecule has 1 N–H and O–H groups in total. The van der Waals surface area contributed by atoms with E-state index in [1.54, 1.807) is 17.0 Å². The highest BCUT2D eigenvalue weighted by atomic mass is 35.5. The summed E-state index contributed by atoms with van der Waals surface area (Å²) in [5.41, 5.74) is 0. The van der Waals surface area contributed by atoms with Crippen LogP contribution in [0.1, 0.15) is 19.3 Å². The Hall–Kier alpha value is -1.15. The fourth-order valence-electron chi connectivity index (χ4n) is 3.38. The van der Waals surface area contributed by atoms with E-state index in [1.807, 2.05) is 0 Å². The number of nitrogens with one attached hydrogen (secondary N) is 1. The molecule has 2 saturated heterocycles. The number of nitrogens with zero attached hydrogens (tertiary/aromatic N) is 2. The summed E-state index contributed by atoms with van der Waals surface area (Å²) in [4.78, 5) is 14.4. The van der Waals surface area contributed by atoms with Crippen molar-refractivity contribution in [2.24, 2.45) is 5.92 Å². The monoisotopic (exact) mass is 385 g/mol. The number of sulfonamides is 1. The minimum atomic E-state index is -3.52. The number of rotatable bonds is 5. The number of carbonyl (C=O) groups is 1. The molecule has 0 aromatic heterocycles. The number of benzene rings is 1. The van der Waals surface area contributed by atoms with Gasteiger partial charge in [-0.3, -0.25) is 4.79 Å². The van der Waals surface area contributed by atoms with E-state index in [0.717, 1.165) is 25.9 Å². The molecule has 138 valence electrons. The maximum Gasteiger partial charge on any atom is 0.243 e. The van der Waals surface area contributed by atoms with Crippen LogP contribution in [0.4, 0.5) is 0 Å². The minimum absolute atomic E-state index is 0.135. The summed E-state index contributed by atoms with van der Waals surface area (Å²) in [5, 5.41) is 3.82. The number of amides is 1. The lowest BCUT2D eigenvalue weighted by atomic mass is 10.0. The van der Waals surface area contributed by atoms with Crippen molar-refractivity contribution in [1.82, 2.24) is 14.5 Å². The summed E-state index contributed by atoms with van der Waals surface area (Å²) in [6.45, 7) is 3.62.